The van der Waals surface area contributed by atoms with Crippen LogP contribution in [0.1, 0.15) is 22.8 Å². The van der Waals surface area contributed by atoms with E-state index in [-0.39, 0.29) is 22.8 Å². The minimum absolute atomic E-state index is 0.107. The number of carbonyl (C=O) groups is 1. The second-order valence-corrected chi connectivity index (χ2v) is 8.62. The minimum atomic E-state index is -4.07. The molecule has 0 heterocycles. The Morgan fingerprint density at radius 2 is 2.05 bits per heavy atom. The van der Waals surface area contributed by atoms with Gasteiger partial charge in [0, 0.05) is 39.5 Å². The lowest BCUT2D eigenvalue weighted by Gasteiger charge is -2.09. The van der Waals surface area contributed by atoms with Crippen molar-refractivity contribution in [3.8, 4) is 0 Å². The van der Waals surface area contributed by atoms with Gasteiger partial charge in [-0.15, -0.1) is 0 Å². The maximum Gasteiger partial charge on any atom is 0.261 e. The fourth-order valence-corrected chi connectivity index (χ4v) is 3.43. The molecule has 1 rings (SSSR count). The molecule has 0 radical (unpaired) electrons. The fourth-order valence-electron chi connectivity index (χ4n) is 1.61. The topological polar surface area (TPSA) is 80.3 Å². The SMILES string of the molecule is CCS(=O)CCNC(=O)c1cc(S(=O)(=O)Cl)c(C)cc1F. The number of halogens is 2. The van der Waals surface area contributed by atoms with Gasteiger partial charge in [0.2, 0.25) is 0 Å². The number of amides is 1. The van der Waals surface area contributed by atoms with Gasteiger partial charge in [-0.3, -0.25) is 9.00 Å². The number of aryl methyl sites for hydroxylation is 1. The second kappa shape index (κ2) is 7.33. The van der Waals surface area contributed by atoms with Crippen molar-refractivity contribution in [1.82, 2.24) is 5.32 Å². The lowest BCUT2D eigenvalue weighted by atomic mass is 10.1. The molecular formula is C12H15ClFNO4S2. The summed E-state index contributed by atoms with van der Waals surface area (Å²) in [7, 11) is 0.115. The van der Waals surface area contributed by atoms with Gasteiger partial charge >= 0.3 is 0 Å². The summed E-state index contributed by atoms with van der Waals surface area (Å²) in [6.07, 6.45) is 0. The molecule has 1 unspecified atom stereocenters. The summed E-state index contributed by atoms with van der Waals surface area (Å²) in [5, 5.41) is 2.39. The number of rotatable bonds is 6. The third-order valence-electron chi connectivity index (χ3n) is 2.71. The highest BCUT2D eigenvalue weighted by molar-refractivity contribution is 8.13. The zero-order valence-corrected chi connectivity index (χ0v) is 13.9. The largest absolute Gasteiger partial charge is 0.351 e. The van der Waals surface area contributed by atoms with E-state index in [1.807, 2.05) is 0 Å². The predicted octanol–water partition coefficient (Wildman–Crippen LogP) is 1.56. The van der Waals surface area contributed by atoms with Crippen LogP contribution in [0.2, 0.25) is 0 Å². The average molecular weight is 356 g/mol. The van der Waals surface area contributed by atoms with E-state index in [2.05, 4.69) is 5.32 Å². The molecule has 21 heavy (non-hydrogen) atoms. The van der Waals surface area contributed by atoms with Gasteiger partial charge in [-0.05, 0) is 24.6 Å². The van der Waals surface area contributed by atoms with Crippen molar-refractivity contribution in [1.29, 1.82) is 0 Å². The Morgan fingerprint density at radius 1 is 1.43 bits per heavy atom. The molecule has 118 valence electrons. The number of hydrogen-bond acceptors (Lipinski definition) is 4. The molecule has 1 atom stereocenters. The first-order valence-electron chi connectivity index (χ1n) is 6.04. The highest BCUT2D eigenvalue weighted by Gasteiger charge is 2.20. The Kier molecular flexibility index (Phi) is 6.30. The Hall–Kier alpha value is -0.990. The zero-order chi connectivity index (χ0) is 16.2. The average Bonchev–Trinajstić information content (AvgIpc) is 2.36. The van der Waals surface area contributed by atoms with Gasteiger partial charge in [0.1, 0.15) is 5.82 Å². The van der Waals surface area contributed by atoms with Crippen LogP contribution in [0, 0.1) is 12.7 Å². The Bertz CT molecular complexity index is 676. The van der Waals surface area contributed by atoms with Crippen LogP contribution in [0.4, 0.5) is 4.39 Å². The van der Waals surface area contributed by atoms with Gasteiger partial charge < -0.3 is 5.32 Å². The predicted molar refractivity (Wildman–Crippen MR) is 80.1 cm³/mol. The molecule has 0 aromatic heterocycles. The molecule has 1 N–H and O–H groups in total. The van der Waals surface area contributed by atoms with Crippen LogP contribution >= 0.6 is 10.7 Å². The summed E-state index contributed by atoms with van der Waals surface area (Å²) < 4.78 is 47.7. The maximum absolute atomic E-state index is 13.8. The molecule has 1 aromatic carbocycles. The Balaban J connectivity index is 2.97. The minimum Gasteiger partial charge on any atom is -0.351 e. The van der Waals surface area contributed by atoms with E-state index < -0.39 is 37.1 Å². The molecule has 1 amide bonds. The van der Waals surface area contributed by atoms with Crippen LogP contribution in [0.5, 0.6) is 0 Å². The molecule has 0 bridgehead atoms. The van der Waals surface area contributed by atoms with Crippen LogP contribution < -0.4 is 5.32 Å². The van der Waals surface area contributed by atoms with Crippen molar-refractivity contribution in [3.63, 3.8) is 0 Å². The molecule has 0 aliphatic carbocycles. The molecule has 9 heteroatoms. The standard InChI is InChI=1S/C12H15ClFNO4S2/c1-3-20(17)5-4-15-12(16)9-7-11(21(13,18)19)8(2)6-10(9)14/h6-7H,3-5H2,1-2H3,(H,15,16). The molecule has 0 aliphatic heterocycles. The number of hydrogen-bond donors (Lipinski definition) is 1. The van der Waals surface area contributed by atoms with Gasteiger partial charge in [-0.25, -0.2) is 12.8 Å². The van der Waals surface area contributed by atoms with Crippen molar-refractivity contribution in [2.24, 2.45) is 0 Å². The molecular weight excluding hydrogens is 341 g/mol. The van der Waals surface area contributed by atoms with E-state index in [0.717, 1.165) is 12.1 Å². The van der Waals surface area contributed by atoms with Crippen molar-refractivity contribution in [2.45, 2.75) is 18.7 Å². The summed E-state index contributed by atoms with van der Waals surface area (Å²) in [4.78, 5) is 11.5. The molecule has 0 aliphatic rings. The molecule has 0 spiro atoms. The van der Waals surface area contributed by atoms with E-state index in [1.54, 1.807) is 6.92 Å². The highest BCUT2D eigenvalue weighted by atomic mass is 35.7. The zero-order valence-electron chi connectivity index (χ0n) is 11.5. The van der Waals surface area contributed by atoms with Crippen LogP contribution in [0.25, 0.3) is 0 Å². The summed E-state index contributed by atoms with van der Waals surface area (Å²) in [6.45, 7) is 3.23. The van der Waals surface area contributed by atoms with Gasteiger partial charge in [0.25, 0.3) is 15.0 Å². The first-order valence-corrected chi connectivity index (χ1v) is 9.84. The third kappa shape index (κ3) is 5.05. The van der Waals surface area contributed by atoms with Gasteiger partial charge in [0.05, 0.1) is 10.5 Å². The number of carbonyl (C=O) groups excluding carboxylic acids is 1. The normalized spacial score (nSPS) is 13.0. The smallest absolute Gasteiger partial charge is 0.261 e. The first-order chi connectivity index (χ1) is 9.66. The second-order valence-electron chi connectivity index (χ2n) is 4.22. The van der Waals surface area contributed by atoms with Crippen molar-refractivity contribution in [3.05, 3.63) is 29.1 Å². The molecule has 0 fully saturated rings. The van der Waals surface area contributed by atoms with Crippen molar-refractivity contribution in [2.75, 3.05) is 18.1 Å². The Morgan fingerprint density at radius 3 is 2.57 bits per heavy atom. The molecule has 0 saturated carbocycles. The Labute approximate surface area is 129 Å². The monoisotopic (exact) mass is 355 g/mol. The first kappa shape index (κ1) is 18.1. The van der Waals surface area contributed by atoms with Crippen molar-refractivity contribution >= 4 is 36.4 Å². The lowest BCUT2D eigenvalue weighted by Crippen LogP contribution is -2.29. The summed E-state index contributed by atoms with van der Waals surface area (Å²) in [5.41, 5.74) is -0.298. The molecule has 5 nitrogen and oxygen atoms in total. The summed E-state index contributed by atoms with van der Waals surface area (Å²) in [6, 6.07) is 1.84. The molecule has 1 aromatic rings. The van der Waals surface area contributed by atoms with Gasteiger partial charge in [0.15, 0.2) is 0 Å². The van der Waals surface area contributed by atoms with Crippen LogP contribution in [0.15, 0.2) is 17.0 Å². The van der Waals surface area contributed by atoms with E-state index in [4.69, 9.17) is 10.7 Å². The van der Waals surface area contributed by atoms with Crippen LogP contribution in [0.3, 0.4) is 0 Å². The van der Waals surface area contributed by atoms with E-state index in [1.165, 1.54) is 6.92 Å². The number of benzene rings is 1. The maximum atomic E-state index is 13.8. The van der Waals surface area contributed by atoms with Gasteiger partial charge in [-0.1, -0.05) is 6.92 Å². The molecule has 0 saturated heterocycles. The highest BCUT2D eigenvalue weighted by Crippen LogP contribution is 2.23. The van der Waals surface area contributed by atoms with Crippen LogP contribution in [-0.4, -0.2) is 36.6 Å². The van der Waals surface area contributed by atoms with Gasteiger partial charge in [-0.2, -0.15) is 0 Å². The fraction of sp³-hybridized carbons (Fsp3) is 0.417. The van der Waals surface area contributed by atoms with E-state index in [9.17, 15) is 21.8 Å². The summed E-state index contributed by atoms with van der Waals surface area (Å²) >= 11 is 0. The number of nitrogens with one attached hydrogen (secondary N) is 1. The summed E-state index contributed by atoms with van der Waals surface area (Å²) in [5.74, 6) is -0.910. The quantitative estimate of drug-likeness (QED) is 0.785. The van der Waals surface area contributed by atoms with E-state index >= 15 is 0 Å². The van der Waals surface area contributed by atoms with E-state index in [0.29, 0.717) is 5.75 Å². The van der Waals surface area contributed by atoms with Crippen LogP contribution in [-0.2, 0) is 19.9 Å². The van der Waals surface area contributed by atoms with Crippen molar-refractivity contribution < 1.29 is 21.8 Å². The third-order valence-corrected chi connectivity index (χ3v) is 5.48. The lowest BCUT2D eigenvalue weighted by molar-refractivity contribution is 0.0952.